The third kappa shape index (κ3) is 3.56. The number of hydrogen-bond donors (Lipinski definition) is 1. The first-order valence-corrected chi connectivity index (χ1v) is 8.11. The second-order valence-corrected chi connectivity index (χ2v) is 5.50. The molecule has 0 bridgehead atoms. The van der Waals surface area contributed by atoms with E-state index in [-0.39, 0.29) is 40.5 Å². The smallest absolute Gasteiger partial charge is 0.342 e. The normalized spacial score (nSPS) is 10.5. The number of furan rings is 1. The van der Waals surface area contributed by atoms with Crippen LogP contribution in [0, 0.1) is 15.5 Å². The molecule has 0 amide bonds. The van der Waals surface area contributed by atoms with E-state index in [0.29, 0.717) is 0 Å². The number of rotatable bonds is 6. The van der Waals surface area contributed by atoms with Crippen LogP contribution in [-0.4, -0.2) is 33.1 Å². The molecular formula is C18H14N4O6. The van der Waals surface area contributed by atoms with Crippen molar-refractivity contribution in [1.29, 1.82) is 5.41 Å². The summed E-state index contributed by atoms with van der Waals surface area (Å²) in [4.78, 5) is 35.1. The average Bonchev–Trinajstić information content (AvgIpc) is 3.22. The molecule has 142 valence electrons. The van der Waals surface area contributed by atoms with Gasteiger partial charge in [-0.05, 0) is 37.3 Å². The third-order valence-corrected chi connectivity index (χ3v) is 3.73. The summed E-state index contributed by atoms with van der Waals surface area (Å²) < 4.78 is 11.1. The molecule has 0 unspecified atom stereocenters. The molecule has 0 aliphatic rings. The molecule has 0 fully saturated rings. The fraction of sp³-hybridized carbons (Fsp3) is 0.111. The summed E-state index contributed by atoms with van der Waals surface area (Å²) in [5, 5.41) is 23.2. The number of ketones is 1. The number of nitro groups is 1. The minimum absolute atomic E-state index is 0.00953. The molecule has 0 radical (unpaired) electrons. The molecular weight excluding hydrogens is 368 g/mol. The molecule has 10 heteroatoms. The van der Waals surface area contributed by atoms with Crippen LogP contribution >= 0.6 is 0 Å². The maximum Gasteiger partial charge on any atom is 0.342 e. The molecule has 3 aromatic rings. The highest BCUT2D eigenvalue weighted by Crippen LogP contribution is 2.15. The van der Waals surface area contributed by atoms with Crippen molar-refractivity contribution in [2.45, 2.75) is 6.92 Å². The minimum Gasteiger partial charge on any atom is -0.462 e. The van der Waals surface area contributed by atoms with E-state index in [0.717, 1.165) is 10.7 Å². The largest absolute Gasteiger partial charge is 0.462 e. The van der Waals surface area contributed by atoms with Gasteiger partial charge in [0.25, 0.3) is 5.69 Å². The molecule has 10 nitrogen and oxygen atoms in total. The number of esters is 1. The number of non-ortho nitro benzene ring substituents is 1. The number of benzene rings is 1. The van der Waals surface area contributed by atoms with E-state index in [1.54, 1.807) is 6.92 Å². The monoisotopic (exact) mass is 382 g/mol. The van der Waals surface area contributed by atoms with Crippen molar-refractivity contribution < 1.29 is 23.7 Å². The van der Waals surface area contributed by atoms with E-state index < -0.39 is 16.7 Å². The van der Waals surface area contributed by atoms with E-state index >= 15 is 0 Å². The Kier molecular flexibility index (Phi) is 5.12. The molecule has 0 aliphatic heterocycles. The standard InChI is InChI=1S/C18H14N4O6/c1-2-27-18(24)13-10-14(16(23)15-4-3-9-28-15)20-21(17(13)19)11-5-7-12(8-6-11)22(25)26/h3-10,19H,2H2,1H3. The van der Waals surface area contributed by atoms with E-state index in [9.17, 15) is 19.7 Å². The van der Waals surface area contributed by atoms with Crippen LogP contribution in [0.3, 0.4) is 0 Å². The summed E-state index contributed by atoms with van der Waals surface area (Å²) in [5.74, 6) is -1.37. The molecule has 0 saturated heterocycles. The summed E-state index contributed by atoms with van der Waals surface area (Å²) in [6.45, 7) is 1.70. The topological polar surface area (TPSA) is 141 Å². The van der Waals surface area contributed by atoms with Crippen LogP contribution in [0.1, 0.15) is 33.5 Å². The lowest BCUT2D eigenvalue weighted by Gasteiger charge is -2.11. The number of nitro benzene ring substituents is 1. The van der Waals surface area contributed by atoms with Crippen molar-refractivity contribution in [2.75, 3.05) is 6.61 Å². The number of carbonyl (C=O) groups is 2. The minimum atomic E-state index is -0.793. The Balaban J connectivity index is 2.17. The van der Waals surface area contributed by atoms with Crippen LogP contribution in [0.15, 0.2) is 53.1 Å². The highest BCUT2D eigenvalue weighted by atomic mass is 16.6. The van der Waals surface area contributed by atoms with Gasteiger partial charge in [-0.2, -0.15) is 5.10 Å². The van der Waals surface area contributed by atoms with E-state index in [4.69, 9.17) is 14.6 Å². The Morgan fingerprint density at radius 3 is 2.57 bits per heavy atom. The first-order chi connectivity index (χ1) is 13.4. The second kappa shape index (κ2) is 7.66. The lowest BCUT2D eigenvalue weighted by molar-refractivity contribution is -0.384. The molecule has 0 atom stereocenters. The molecule has 0 saturated carbocycles. The Hall–Kier alpha value is -4.08. The van der Waals surface area contributed by atoms with Crippen molar-refractivity contribution in [3.05, 3.63) is 81.3 Å². The molecule has 0 spiro atoms. The number of ether oxygens (including phenoxy) is 1. The van der Waals surface area contributed by atoms with Gasteiger partial charge in [0, 0.05) is 12.1 Å². The highest BCUT2D eigenvalue weighted by molar-refractivity contribution is 6.06. The van der Waals surface area contributed by atoms with Crippen LogP contribution in [0.4, 0.5) is 5.69 Å². The highest BCUT2D eigenvalue weighted by Gasteiger charge is 2.21. The molecule has 0 aliphatic carbocycles. The average molecular weight is 382 g/mol. The number of hydrogen-bond acceptors (Lipinski definition) is 8. The van der Waals surface area contributed by atoms with Crippen molar-refractivity contribution in [3.63, 3.8) is 0 Å². The summed E-state index contributed by atoms with van der Waals surface area (Å²) >= 11 is 0. The van der Waals surface area contributed by atoms with Gasteiger partial charge in [-0.25, -0.2) is 9.48 Å². The Labute approximate surface area is 157 Å². The van der Waals surface area contributed by atoms with Gasteiger partial charge in [-0.1, -0.05) is 0 Å². The summed E-state index contributed by atoms with van der Waals surface area (Å²) in [6.07, 6.45) is 1.32. The molecule has 1 N–H and O–H groups in total. The number of carbonyl (C=O) groups excluding carboxylic acids is 2. The van der Waals surface area contributed by atoms with E-state index in [1.807, 2.05) is 0 Å². The van der Waals surface area contributed by atoms with Crippen LogP contribution in [-0.2, 0) is 4.74 Å². The lowest BCUT2D eigenvalue weighted by Crippen LogP contribution is -2.30. The van der Waals surface area contributed by atoms with E-state index in [2.05, 4.69) is 5.10 Å². The molecule has 3 rings (SSSR count). The van der Waals surface area contributed by atoms with Gasteiger partial charge in [0.05, 0.1) is 23.5 Å². The Bertz CT molecular complexity index is 1100. The fourth-order valence-corrected chi connectivity index (χ4v) is 2.42. The van der Waals surface area contributed by atoms with Gasteiger partial charge in [0.2, 0.25) is 5.78 Å². The van der Waals surface area contributed by atoms with Crippen molar-refractivity contribution >= 4 is 17.4 Å². The second-order valence-electron chi connectivity index (χ2n) is 5.50. The SMILES string of the molecule is CCOC(=O)c1cc(C(=O)c2ccco2)nn(-c2ccc([N+](=O)[O-])cc2)c1=N. The zero-order chi connectivity index (χ0) is 20.3. The summed E-state index contributed by atoms with van der Waals surface area (Å²) in [6, 6.07) is 9.32. The predicted octanol–water partition coefficient (Wildman–Crippen LogP) is 2.26. The van der Waals surface area contributed by atoms with Gasteiger partial charge >= 0.3 is 5.97 Å². The predicted molar refractivity (Wildman–Crippen MR) is 94.2 cm³/mol. The van der Waals surface area contributed by atoms with Gasteiger partial charge in [-0.3, -0.25) is 20.3 Å². The van der Waals surface area contributed by atoms with E-state index in [1.165, 1.54) is 42.7 Å². The molecule has 2 aromatic heterocycles. The van der Waals surface area contributed by atoms with Crippen LogP contribution in [0.25, 0.3) is 5.69 Å². The van der Waals surface area contributed by atoms with Gasteiger partial charge in [-0.15, -0.1) is 0 Å². The van der Waals surface area contributed by atoms with Gasteiger partial charge in [0.15, 0.2) is 11.2 Å². The van der Waals surface area contributed by atoms with Crippen LogP contribution in [0.2, 0.25) is 0 Å². The maximum atomic E-state index is 12.6. The summed E-state index contributed by atoms with van der Waals surface area (Å²) in [7, 11) is 0. The van der Waals surface area contributed by atoms with Crippen molar-refractivity contribution in [2.24, 2.45) is 0 Å². The third-order valence-electron chi connectivity index (χ3n) is 3.73. The van der Waals surface area contributed by atoms with Crippen molar-refractivity contribution in [1.82, 2.24) is 9.78 Å². The van der Waals surface area contributed by atoms with Gasteiger partial charge < -0.3 is 9.15 Å². The van der Waals surface area contributed by atoms with Crippen LogP contribution in [0.5, 0.6) is 0 Å². The molecule has 2 heterocycles. The first-order valence-electron chi connectivity index (χ1n) is 8.11. The lowest BCUT2D eigenvalue weighted by atomic mass is 10.1. The number of aromatic nitrogens is 2. The van der Waals surface area contributed by atoms with Crippen molar-refractivity contribution in [3.8, 4) is 5.69 Å². The number of nitrogens with zero attached hydrogens (tertiary/aromatic N) is 3. The maximum absolute atomic E-state index is 12.6. The van der Waals surface area contributed by atoms with Gasteiger partial charge in [0.1, 0.15) is 11.3 Å². The number of nitrogens with one attached hydrogen (secondary N) is 1. The molecule has 1 aromatic carbocycles. The van der Waals surface area contributed by atoms with Crippen LogP contribution < -0.4 is 5.49 Å². The Morgan fingerprint density at radius 2 is 2.00 bits per heavy atom. The quantitative estimate of drug-likeness (QED) is 0.298. The fourth-order valence-electron chi connectivity index (χ4n) is 2.42. The first kappa shape index (κ1) is 18.7. The molecule has 28 heavy (non-hydrogen) atoms. The Morgan fingerprint density at radius 1 is 1.29 bits per heavy atom. The zero-order valence-corrected chi connectivity index (χ0v) is 14.6. The zero-order valence-electron chi connectivity index (χ0n) is 14.6. The summed E-state index contributed by atoms with van der Waals surface area (Å²) in [5.41, 5.74) is -0.541.